The van der Waals surface area contributed by atoms with E-state index in [1.165, 1.54) is 0 Å². The molecule has 23 heavy (non-hydrogen) atoms. The zero-order valence-electron chi connectivity index (χ0n) is 12.9. The van der Waals surface area contributed by atoms with Crippen molar-refractivity contribution in [2.45, 2.75) is 6.54 Å². The first kappa shape index (κ1) is 13.7. The first-order valence-corrected chi connectivity index (χ1v) is 7.63. The molecule has 0 amide bonds. The third-order valence-corrected chi connectivity index (χ3v) is 4.07. The molecule has 0 spiro atoms. The highest BCUT2D eigenvalue weighted by molar-refractivity contribution is 6.08. The summed E-state index contributed by atoms with van der Waals surface area (Å²) in [6.45, 7) is 0.681. The normalized spacial score (nSPS) is 11.0. The summed E-state index contributed by atoms with van der Waals surface area (Å²) in [5, 5.41) is 5.74. The molecule has 0 atom stereocenters. The van der Waals surface area contributed by atoms with Crippen LogP contribution in [-0.2, 0) is 6.54 Å². The highest BCUT2D eigenvalue weighted by atomic mass is 16.5. The van der Waals surface area contributed by atoms with Crippen molar-refractivity contribution in [2.75, 3.05) is 12.4 Å². The van der Waals surface area contributed by atoms with Gasteiger partial charge >= 0.3 is 0 Å². The average molecular weight is 303 g/mol. The number of methoxy groups -OCH3 is 1. The molecule has 0 bridgehead atoms. The van der Waals surface area contributed by atoms with Crippen LogP contribution in [0.15, 0.2) is 71.1 Å². The molecule has 0 saturated heterocycles. The molecule has 3 aromatic carbocycles. The van der Waals surface area contributed by atoms with Crippen LogP contribution in [0.1, 0.15) is 5.56 Å². The van der Waals surface area contributed by atoms with E-state index in [4.69, 9.17) is 9.15 Å². The van der Waals surface area contributed by atoms with Gasteiger partial charge in [0.25, 0.3) is 0 Å². The van der Waals surface area contributed by atoms with Crippen molar-refractivity contribution in [1.82, 2.24) is 0 Å². The summed E-state index contributed by atoms with van der Waals surface area (Å²) in [5.74, 6) is 0.886. The molecule has 0 aliphatic rings. The molecule has 1 heterocycles. The second kappa shape index (κ2) is 5.69. The molecule has 3 nitrogen and oxygen atoms in total. The summed E-state index contributed by atoms with van der Waals surface area (Å²) in [4.78, 5) is 0. The lowest BCUT2D eigenvalue weighted by Crippen LogP contribution is -2.01. The lowest BCUT2D eigenvalue weighted by molar-refractivity contribution is 0.410. The largest absolute Gasteiger partial charge is 0.496 e. The number of anilines is 1. The minimum atomic E-state index is 0.681. The number of benzene rings is 3. The molecule has 0 fully saturated rings. The number of fused-ring (bicyclic) bond motifs is 3. The number of hydrogen-bond acceptors (Lipinski definition) is 3. The van der Waals surface area contributed by atoms with E-state index in [1.54, 1.807) is 7.11 Å². The first-order chi connectivity index (χ1) is 11.4. The van der Waals surface area contributed by atoms with Gasteiger partial charge in [0.15, 0.2) is 5.58 Å². The Kier molecular flexibility index (Phi) is 3.39. The van der Waals surface area contributed by atoms with E-state index in [0.717, 1.165) is 38.9 Å². The zero-order chi connectivity index (χ0) is 15.6. The van der Waals surface area contributed by atoms with E-state index in [2.05, 4.69) is 29.6 Å². The third kappa shape index (κ3) is 2.40. The van der Waals surface area contributed by atoms with Crippen molar-refractivity contribution in [2.24, 2.45) is 0 Å². The first-order valence-electron chi connectivity index (χ1n) is 7.63. The number of rotatable bonds is 4. The fourth-order valence-electron chi connectivity index (χ4n) is 2.93. The SMILES string of the molecule is COc1ccccc1CNc1cccc2c1oc1ccccc12. The Balaban J connectivity index is 1.72. The lowest BCUT2D eigenvalue weighted by Gasteiger charge is -2.10. The molecule has 4 aromatic rings. The van der Waals surface area contributed by atoms with Gasteiger partial charge in [0, 0.05) is 22.9 Å². The molecular formula is C20H17NO2. The van der Waals surface area contributed by atoms with Gasteiger partial charge < -0.3 is 14.5 Å². The second-order valence-electron chi connectivity index (χ2n) is 5.45. The van der Waals surface area contributed by atoms with Crippen molar-refractivity contribution in [3.63, 3.8) is 0 Å². The van der Waals surface area contributed by atoms with E-state index < -0.39 is 0 Å². The van der Waals surface area contributed by atoms with Crippen LogP contribution >= 0.6 is 0 Å². The van der Waals surface area contributed by atoms with E-state index in [9.17, 15) is 0 Å². The van der Waals surface area contributed by atoms with Crippen LogP contribution in [0.4, 0.5) is 5.69 Å². The lowest BCUT2D eigenvalue weighted by atomic mass is 10.1. The minimum Gasteiger partial charge on any atom is -0.496 e. The maximum Gasteiger partial charge on any atom is 0.158 e. The monoisotopic (exact) mass is 303 g/mol. The molecular weight excluding hydrogens is 286 g/mol. The standard InChI is InChI=1S/C20H17NO2/c1-22-18-11-4-2-7-14(18)13-21-17-10-6-9-16-15-8-3-5-12-19(15)23-20(16)17/h2-12,21H,13H2,1H3. The van der Waals surface area contributed by atoms with Gasteiger partial charge in [-0.05, 0) is 18.2 Å². The van der Waals surface area contributed by atoms with Gasteiger partial charge in [0.1, 0.15) is 11.3 Å². The molecule has 3 heteroatoms. The smallest absolute Gasteiger partial charge is 0.158 e. The van der Waals surface area contributed by atoms with Crippen molar-refractivity contribution in [3.8, 4) is 5.75 Å². The van der Waals surface area contributed by atoms with Gasteiger partial charge in [-0.2, -0.15) is 0 Å². The van der Waals surface area contributed by atoms with Gasteiger partial charge in [-0.25, -0.2) is 0 Å². The molecule has 4 rings (SSSR count). The summed E-state index contributed by atoms with van der Waals surface area (Å²) in [5.41, 5.74) is 3.91. The van der Waals surface area contributed by atoms with E-state index >= 15 is 0 Å². The van der Waals surface area contributed by atoms with Crippen LogP contribution in [0.2, 0.25) is 0 Å². The molecule has 0 unspecified atom stereocenters. The predicted molar refractivity (Wildman–Crippen MR) is 94.0 cm³/mol. The molecule has 114 valence electrons. The van der Waals surface area contributed by atoms with E-state index in [1.807, 2.05) is 42.5 Å². The second-order valence-corrected chi connectivity index (χ2v) is 5.45. The molecule has 0 aliphatic heterocycles. The Labute approximate surface area is 134 Å². The van der Waals surface area contributed by atoms with Crippen LogP contribution in [0, 0.1) is 0 Å². The number of furan rings is 1. The van der Waals surface area contributed by atoms with Crippen LogP contribution < -0.4 is 10.1 Å². The fourth-order valence-corrected chi connectivity index (χ4v) is 2.93. The molecule has 1 N–H and O–H groups in total. The Hall–Kier alpha value is -2.94. The van der Waals surface area contributed by atoms with Crippen LogP contribution in [-0.4, -0.2) is 7.11 Å². The number of para-hydroxylation sites is 3. The molecule has 1 aromatic heterocycles. The summed E-state index contributed by atoms with van der Waals surface area (Å²) < 4.78 is 11.4. The maximum absolute atomic E-state index is 6.03. The van der Waals surface area contributed by atoms with Crippen molar-refractivity contribution in [3.05, 3.63) is 72.3 Å². The Morgan fingerprint density at radius 2 is 1.65 bits per heavy atom. The molecule has 0 saturated carbocycles. The molecule has 0 aliphatic carbocycles. The Bertz CT molecular complexity index is 972. The Morgan fingerprint density at radius 3 is 2.57 bits per heavy atom. The summed E-state index contributed by atoms with van der Waals surface area (Å²) >= 11 is 0. The van der Waals surface area contributed by atoms with Crippen molar-refractivity contribution >= 4 is 27.6 Å². The predicted octanol–water partition coefficient (Wildman–Crippen LogP) is 5.21. The molecule has 0 radical (unpaired) electrons. The minimum absolute atomic E-state index is 0.681. The van der Waals surface area contributed by atoms with Gasteiger partial charge in [-0.15, -0.1) is 0 Å². The Morgan fingerprint density at radius 1 is 0.870 bits per heavy atom. The number of nitrogens with one attached hydrogen (secondary N) is 1. The van der Waals surface area contributed by atoms with Crippen LogP contribution in [0.25, 0.3) is 21.9 Å². The third-order valence-electron chi connectivity index (χ3n) is 4.07. The van der Waals surface area contributed by atoms with Crippen molar-refractivity contribution in [1.29, 1.82) is 0 Å². The maximum atomic E-state index is 6.03. The van der Waals surface area contributed by atoms with Crippen molar-refractivity contribution < 1.29 is 9.15 Å². The zero-order valence-corrected chi connectivity index (χ0v) is 12.9. The summed E-state index contributed by atoms with van der Waals surface area (Å²) in [6, 6.07) is 22.3. The van der Waals surface area contributed by atoms with Crippen LogP contribution in [0.3, 0.4) is 0 Å². The fraction of sp³-hybridized carbons (Fsp3) is 0.100. The summed E-state index contributed by atoms with van der Waals surface area (Å²) in [6.07, 6.45) is 0. The van der Waals surface area contributed by atoms with Gasteiger partial charge in [-0.3, -0.25) is 0 Å². The van der Waals surface area contributed by atoms with Gasteiger partial charge in [0.2, 0.25) is 0 Å². The summed E-state index contributed by atoms with van der Waals surface area (Å²) in [7, 11) is 1.69. The quantitative estimate of drug-likeness (QED) is 0.562. The van der Waals surface area contributed by atoms with E-state index in [-0.39, 0.29) is 0 Å². The number of ether oxygens (including phenoxy) is 1. The highest BCUT2D eigenvalue weighted by Gasteiger charge is 2.10. The number of hydrogen-bond donors (Lipinski definition) is 1. The van der Waals surface area contributed by atoms with Gasteiger partial charge in [0.05, 0.1) is 12.8 Å². The topological polar surface area (TPSA) is 34.4 Å². The van der Waals surface area contributed by atoms with Gasteiger partial charge in [-0.1, -0.05) is 48.5 Å². The highest BCUT2D eigenvalue weighted by Crippen LogP contribution is 2.33. The van der Waals surface area contributed by atoms with E-state index in [0.29, 0.717) is 6.54 Å². The van der Waals surface area contributed by atoms with Crippen LogP contribution in [0.5, 0.6) is 5.75 Å². The average Bonchev–Trinajstić information content (AvgIpc) is 2.99.